The summed E-state index contributed by atoms with van der Waals surface area (Å²) in [4.78, 5) is 4.92. The van der Waals surface area contributed by atoms with Gasteiger partial charge in [0.1, 0.15) is 23.4 Å². The molecule has 0 amide bonds. The van der Waals surface area contributed by atoms with Crippen LogP contribution in [-0.2, 0) is 14.4 Å². The highest BCUT2D eigenvalue weighted by Gasteiger charge is 2.29. The molecule has 196 valence electrons. The summed E-state index contributed by atoms with van der Waals surface area (Å²) in [6, 6.07) is 8.00. The summed E-state index contributed by atoms with van der Waals surface area (Å²) in [5, 5.41) is 15.0. The first kappa shape index (κ1) is 27.7. The summed E-state index contributed by atoms with van der Waals surface area (Å²) in [6.07, 6.45) is 3.09. The average Bonchev–Trinajstić information content (AvgIpc) is 3.23. The van der Waals surface area contributed by atoms with Gasteiger partial charge in [-0.05, 0) is 68.5 Å². The summed E-state index contributed by atoms with van der Waals surface area (Å²) < 4.78 is 41.1. The molecule has 1 aliphatic heterocycles. The SMILES string of the molecule is CC=S(C)(=O)Nc1cc(C)c(C(C=C(C)CC)=Nc2ccc(F)cc2OC2COCC2O)c(NC)c1. The number of benzene rings is 2. The van der Waals surface area contributed by atoms with E-state index in [4.69, 9.17) is 14.5 Å². The van der Waals surface area contributed by atoms with Gasteiger partial charge in [0.15, 0.2) is 6.10 Å². The topological polar surface area (TPSA) is 92.2 Å². The van der Waals surface area contributed by atoms with Crippen LogP contribution in [0, 0.1) is 12.7 Å². The summed E-state index contributed by atoms with van der Waals surface area (Å²) in [7, 11) is -0.504. The molecule has 3 unspecified atom stereocenters. The molecule has 7 nitrogen and oxygen atoms in total. The molecular formula is C27H36FN3O4S. The first-order chi connectivity index (χ1) is 17.1. The van der Waals surface area contributed by atoms with Crippen molar-refractivity contribution in [1.82, 2.24) is 0 Å². The van der Waals surface area contributed by atoms with Gasteiger partial charge in [-0.25, -0.2) is 13.6 Å². The van der Waals surface area contributed by atoms with E-state index in [9.17, 15) is 13.7 Å². The zero-order chi connectivity index (χ0) is 26.5. The second-order valence-electron chi connectivity index (χ2n) is 8.92. The first-order valence-corrected chi connectivity index (χ1v) is 14.0. The van der Waals surface area contributed by atoms with Gasteiger partial charge in [0.05, 0.1) is 18.9 Å². The van der Waals surface area contributed by atoms with E-state index in [-0.39, 0.29) is 19.0 Å². The largest absolute Gasteiger partial charge is 0.483 e. The number of allylic oxidation sites excluding steroid dienone is 2. The molecule has 1 heterocycles. The second kappa shape index (κ2) is 11.9. The molecule has 0 spiro atoms. The number of hydrogen-bond acceptors (Lipinski definition) is 6. The molecule has 0 aromatic heterocycles. The Kier molecular flexibility index (Phi) is 9.16. The van der Waals surface area contributed by atoms with Gasteiger partial charge < -0.3 is 24.6 Å². The van der Waals surface area contributed by atoms with Crippen LogP contribution in [0.1, 0.15) is 38.3 Å². The van der Waals surface area contributed by atoms with Crippen LogP contribution in [0.5, 0.6) is 5.75 Å². The highest BCUT2D eigenvalue weighted by atomic mass is 32.2. The molecule has 2 aromatic rings. The molecule has 3 atom stereocenters. The van der Waals surface area contributed by atoms with Gasteiger partial charge >= 0.3 is 0 Å². The van der Waals surface area contributed by atoms with E-state index < -0.39 is 27.7 Å². The Hall–Kier alpha value is -2.88. The van der Waals surface area contributed by atoms with E-state index in [0.29, 0.717) is 11.4 Å². The minimum atomic E-state index is -2.32. The van der Waals surface area contributed by atoms with Gasteiger partial charge in [-0.1, -0.05) is 12.5 Å². The molecule has 1 aliphatic rings. The Morgan fingerprint density at radius 1 is 1.33 bits per heavy atom. The number of aliphatic hydroxyl groups is 1. The number of nitrogens with zero attached hydrogens (tertiary/aromatic N) is 1. The van der Waals surface area contributed by atoms with Crippen molar-refractivity contribution in [3.05, 3.63) is 58.9 Å². The normalized spacial score (nSPS) is 20.1. The predicted octanol–water partition coefficient (Wildman–Crippen LogP) is 4.85. The number of rotatable bonds is 9. The third-order valence-electron chi connectivity index (χ3n) is 6.01. The zero-order valence-corrected chi connectivity index (χ0v) is 22.5. The number of anilines is 2. The summed E-state index contributed by atoms with van der Waals surface area (Å²) in [5.74, 6) is -0.228. The minimum absolute atomic E-state index is 0.174. The van der Waals surface area contributed by atoms with Gasteiger partial charge in [-0.2, -0.15) is 0 Å². The number of halogens is 1. The fraction of sp³-hybridized carbons (Fsp3) is 0.407. The second-order valence-corrected chi connectivity index (χ2v) is 11.4. The molecule has 3 N–H and O–H groups in total. The lowest BCUT2D eigenvalue weighted by Gasteiger charge is -2.19. The number of aryl methyl sites for hydroxylation is 1. The maximum absolute atomic E-state index is 14.2. The first-order valence-electron chi connectivity index (χ1n) is 11.9. The zero-order valence-electron chi connectivity index (χ0n) is 21.7. The van der Waals surface area contributed by atoms with Crippen LogP contribution in [0.3, 0.4) is 0 Å². The van der Waals surface area contributed by atoms with Crippen molar-refractivity contribution in [2.75, 3.05) is 36.6 Å². The van der Waals surface area contributed by atoms with Gasteiger partial charge in [0.25, 0.3) is 0 Å². The van der Waals surface area contributed by atoms with Crippen molar-refractivity contribution in [3.63, 3.8) is 0 Å². The monoisotopic (exact) mass is 517 g/mol. The lowest BCUT2D eigenvalue weighted by atomic mass is 9.98. The van der Waals surface area contributed by atoms with E-state index in [2.05, 4.69) is 17.0 Å². The highest BCUT2D eigenvalue weighted by molar-refractivity contribution is 8.01. The molecule has 1 fully saturated rings. The standard InChI is InChI=1S/C27H36FN3O4S/c1-7-17(3)11-23(27-18(4)12-20(14-22(27)29-5)31-36(6,33)8-2)30-21-10-9-19(28)13-25(21)35-26-16-34-15-24(26)32/h8-14,24,26,29,32H,7,15-16H2,1-6H3,(H,31,33). The molecule has 3 rings (SSSR count). The maximum atomic E-state index is 14.2. The molecule has 1 saturated heterocycles. The van der Waals surface area contributed by atoms with Crippen molar-refractivity contribution in [2.24, 2.45) is 4.99 Å². The lowest BCUT2D eigenvalue weighted by molar-refractivity contribution is 0.0735. The summed E-state index contributed by atoms with van der Waals surface area (Å²) in [5.41, 5.74) is 5.51. The fourth-order valence-corrected chi connectivity index (χ4v) is 4.48. The Morgan fingerprint density at radius 3 is 2.69 bits per heavy atom. The van der Waals surface area contributed by atoms with Crippen LogP contribution in [0.4, 0.5) is 21.5 Å². The van der Waals surface area contributed by atoms with E-state index in [1.54, 1.807) is 24.6 Å². The molecule has 0 aliphatic carbocycles. The third kappa shape index (κ3) is 6.87. The maximum Gasteiger partial charge on any atom is 0.150 e. The van der Waals surface area contributed by atoms with Crippen molar-refractivity contribution >= 4 is 37.8 Å². The Morgan fingerprint density at radius 2 is 2.08 bits per heavy atom. The molecule has 9 heteroatoms. The van der Waals surface area contributed by atoms with Crippen molar-refractivity contribution in [1.29, 1.82) is 0 Å². The van der Waals surface area contributed by atoms with Gasteiger partial charge in [0, 0.05) is 46.0 Å². The Labute approximate surface area is 213 Å². The Bertz CT molecular complexity index is 1280. The average molecular weight is 518 g/mol. The third-order valence-corrected chi connectivity index (χ3v) is 7.55. The number of ether oxygens (including phenoxy) is 2. The highest BCUT2D eigenvalue weighted by Crippen LogP contribution is 2.34. The van der Waals surface area contributed by atoms with Gasteiger partial charge in [0.2, 0.25) is 0 Å². The molecule has 2 aromatic carbocycles. The van der Waals surface area contributed by atoms with Crippen molar-refractivity contribution in [2.45, 2.75) is 46.3 Å². The van der Waals surface area contributed by atoms with Gasteiger partial charge in [-0.3, -0.25) is 0 Å². The molecule has 0 radical (unpaired) electrons. The lowest BCUT2D eigenvalue weighted by Crippen LogP contribution is -2.29. The molecule has 36 heavy (non-hydrogen) atoms. The van der Waals surface area contributed by atoms with Crippen LogP contribution in [-0.4, -0.2) is 59.1 Å². The van der Waals surface area contributed by atoms with Gasteiger partial charge in [-0.15, -0.1) is 0 Å². The quantitative estimate of drug-likeness (QED) is 0.327. The van der Waals surface area contributed by atoms with Crippen molar-refractivity contribution in [3.8, 4) is 5.75 Å². The van der Waals surface area contributed by atoms with E-state index in [0.717, 1.165) is 34.5 Å². The van der Waals surface area contributed by atoms with Crippen molar-refractivity contribution < 1.29 is 23.2 Å². The van der Waals surface area contributed by atoms with E-state index in [1.807, 2.05) is 39.1 Å². The fourth-order valence-electron chi connectivity index (χ4n) is 3.78. The Balaban J connectivity index is 2.16. The minimum Gasteiger partial charge on any atom is -0.483 e. The van der Waals surface area contributed by atoms with Crippen LogP contribution in [0.25, 0.3) is 0 Å². The molecular weight excluding hydrogens is 481 g/mol. The number of aliphatic imine (C=N–C) groups is 1. The van der Waals surface area contributed by atoms with E-state index >= 15 is 0 Å². The molecule has 0 saturated carbocycles. The van der Waals surface area contributed by atoms with Crippen LogP contribution >= 0.6 is 0 Å². The number of aliphatic hydroxyl groups excluding tert-OH is 1. The van der Waals surface area contributed by atoms with Crippen LogP contribution < -0.4 is 14.8 Å². The summed E-state index contributed by atoms with van der Waals surface area (Å²) >= 11 is 0. The van der Waals surface area contributed by atoms with Crippen LogP contribution in [0.2, 0.25) is 0 Å². The number of nitrogens with one attached hydrogen (secondary N) is 2. The summed E-state index contributed by atoms with van der Waals surface area (Å²) in [6.45, 7) is 8.21. The smallest absolute Gasteiger partial charge is 0.150 e. The predicted molar refractivity (Wildman–Crippen MR) is 148 cm³/mol. The van der Waals surface area contributed by atoms with Crippen LogP contribution in [0.15, 0.2) is 47.0 Å². The van der Waals surface area contributed by atoms with E-state index in [1.165, 1.54) is 12.1 Å². The molecule has 0 bridgehead atoms. The number of hydrogen-bond donors (Lipinski definition) is 3.